The molecule has 0 radical (unpaired) electrons. The molecule has 43 heteroatoms. The zero-order valence-electron chi connectivity index (χ0n) is 72.3. The van der Waals surface area contributed by atoms with E-state index in [1.165, 1.54) is 38.4 Å². The van der Waals surface area contributed by atoms with Crippen LogP contribution in [0, 0.1) is 5.92 Å². The molecule has 8 heterocycles. The van der Waals surface area contributed by atoms with E-state index < -0.39 is 292 Å². The lowest BCUT2D eigenvalue weighted by Crippen LogP contribution is -2.65. The van der Waals surface area contributed by atoms with Crippen LogP contribution in [0.25, 0.3) is 11.1 Å². The van der Waals surface area contributed by atoms with Gasteiger partial charge in [0, 0.05) is 54.8 Å². The number of aliphatic hydroxyl groups is 10. The molecule has 0 spiro atoms. The number of primary amides is 1. The van der Waals surface area contributed by atoms with Crippen molar-refractivity contribution < 1.29 is 148 Å². The second-order valence-corrected chi connectivity index (χ2v) is 34.6. The van der Waals surface area contributed by atoms with Crippen molar-refractivity contribution in [1.29, 1.82) is 0 Å². The highest BCUT2D eigenvalue weighted by molar-refractivity contribution is 6.32. The van der Waals surface area contributed by atoms with Gasteiger partial charge in [-0.15, -0.1) is 0 Å². The Kier molecular flexibility index (Phi) is 35.2. The number of unbranched alkanes of at least 4 members (excludes halogenated alkanes) is 7. The van der Waals surface area contributed by atoms with Crippen LogP contribution in [-0.4, -0.2) is 281 Å². The number of amides is 7. The molecule has 13 rings (SSSR count). The van der Waals surface area contributed by atoms with Crippen molar-refractivity contribution in [3.05, 3.63) is 116 Å². The van der Waals surface area contributed by atoms with Gasteiger partial charge in [-0.2, -0.15) is 0 Å². The van der Waals surface area contributed by atoms with Crippen molar-refractivity contribution in [2.45, 2.75) is 252 Å². The summed E-state index contributed by atoms with van der Waals surface area (Å²) in [7, 11) is 1.47. The SMILES string of the molecule is CCCCCCCCCCNCCN[C@@]1(C)C[C@H](O[C@H]2[C@H](Oc3c4cc5cc3Oc3ccc(cc3Cl)[C@@H](O)[C@@H](NC(=O)[C@@H](CC(C)C)NC)C(=O)N[C@@H](CC(N)=O)C(=O)N[C@H]5C(=O)N[C@H]3C(=O)N[C@H](C(=O)N[C@H](C(=O)O)c5cc(O)c(CNCCO[C@@H]6O[C@H](CO)[C@H](O)[C@H](O)[C@H]6O)c(O)c5-c5cc3ccc5O)[C@H](O)c3ccc(c(Cl)c3)O4)O[C@H](CO)[C@@H](O)[C@@H]2O)O[C@@H](C)[C@H]1O. The number of phenolic OH excluding ortho intramolecular Hbond substituents is 3. The Morgan fingerprint density at radius 2 is 1.22 bits per heavy atom. The van der Waals surface area contributed by atoms with Gasteiger partial charge < -0.3 is 168 Å². The molecule has 3 saturated heterocycles. The summed E-state index contributed by atoms with van der Waals surface area (Å²) in [6, 6.07) is -2.18. The number of ether oxygens (including phenoxy) is 8. The number of carbonyl (C=O) groups excluding carboxylic acids is 7. The third-order valence-corrected chi connectivity index (χ3v) is 24.4. The Hall–Kier alpha value is -9.52. The Morgan fingerprint density at radius 1 is 0.623 bits per heavy atom. The van der Waals surface area contributed by atoms with Crippen molar-refractivity contribution in [3.8, 4) is 57.1 Å². The van der Waals surface area contributed by atoms with Crippen molar-refractivity contribution in [3.63, 3.8) is 0 Å². The van der Waals surface area contributed by atoms with E-state index in [0.717, 1.165) is 99.3 Å². The van der Waals surface area contributed by atoms with Crippen LogP contribution in [0.1, 0.15) is 169 Å². The minimum atomic E-state index is -2.42. The second-order valence-electron chi connectivity index (χ2n) is 33.8. The summed E-state index contributed by atoms with van der Waals surface area (Å²) in [5.74, 6) is -16.8. The van der Waals surface area contributed by atoms with Crippen LogP contribution >= 0.6 is 23.2 Å². The van der Waals surface area contributed by atoms with Gasteiger partial charge in [0.1, 0.15) is 114 Å². The standard InChI is InChI=1S/C87H117Cl2N11O30/c1-7-8-9-10-11-12-13-14-21-92-22-23-94-87(5)34-60(124-39(4)77(87)114)129-76-73(112)71(110)58(37-102)128-86(76)130-75-55-30-43-31-56(75)126-54-20-17-42(29-48(54)89)68(107)66-83(120)98-64(84(121)122)45-32-52(104)46(35-93-24-25-123-85-74(113)72(111)70(109)57(36-101)127-85)69(108)61(45)44-27-40(15-18-51(44)103)62(80(117)100-66)97-81(118)63(43)96-79(116)50(33-59(90)105)95-82(119)65(99-78(115)49(91-6)26-38(2)3)67(106)41-16-19-53(125-55)47(88)28-41/h15-20,27-32,38-39,49-50,57-58,60,62-68,70-74,76-77,85-86,91-94,101-104,106-114H,7-14,21-26,33-37H2,1-6H3,(H2,90,105)(H,95,119)(H,96,116)(H,97,118)(H,98,120)(H,99,115)(H,100,117)(H,121,122)/t39-,49+,50-,57+,58+,60-,62+,63+,64-,65+,66-,67+,68+,70-,71+,72-,73-,74+,76+,77+,85+,86-,87-/m0/s1. The van der Waals surface area contributed by atoms with Gasteiger partial charge >= 0.3 is 5.97 Å². The third-order valence-electron chi connectivity index (χ3n) is 23.8. The molecule has 26 N–H and O–H groups in total. The summed E-state index contributed by atoms with van der Waals surface area (Å²) < 4.78 is 50.6. The largest absolute Gasteiger partial charge is 0.507 e. The van der Waals surface area contributed by atoms with E-state index >= 15 is 24.0 Å². The summed E-state index contributed by atoms with van der Waals surface area (Å²) in [5.41, 5.74) is 0.862. The van der Waals surface area contributed by atoms with E-state index in [2.05, 4.69) is 60.1 Å². The van der Waals surface area contributed by atoms with E-state index in [9.17, 15) is 85.9 Å². The topological polar surface area (TPSA) is 640 Å². The lowest BCUT2D eigenvalue weighted by atomic mass is 9.85. The number of nitrogens with two attached hydrogens (primary N) is 1. The van der Waals surface area contributed by atoms with E-state index in [0.29, 0.717) is 13.1 Å². The third kappa shape index (κ3) is 23.9. The maximum atomic E-state index is 16.5. The number of fused-ring (bicyclic) bond motifs is 15. The molecule has 8 aliphatic rings. The minimum absolute atomic E-state index is 0.128. The number of carbonyl (C=O) groups is 8. The number of aliphatic carboxylic acids is 1. The number of halogens is 2. The first-order chi connectivity index (χ1) is 61.9. The molecular formula is C87H117Cl2N11O30. The summed E-state index contributed by atoms with van der Waals surface area (Å²) in [6.45, 7) is 7.81. The van der Waals surface area contributed by atoms with E-state index in [1.54, 1.807) is 13.8 Å². The van der Waals surface area contributed by atoms with Crippen molar-refractivity contribution in [2.75, 3.05) is 53.0 Å². The molecule has 5 aromatic carbocycles. The maximum absolute atomic E-state index is 16.5. The summed E-state index contributed by atoms with van der Waals surface area (Å²) >= 11 is 14.4. The quantitative estimate of drug-likeness (QED) is 0.0252. The number of likely N-dealkylation sites (N-methyl/N-ethyl adjacent to an activating group) is 1. The van der Waals surface area contributed by atoms with Crippen LogP contribution in [0.3, 0.4) is 0 Å². The molecular weight excluding hydrogens is 1750 g/mol. The predicted octanol–water partition coefficient (Wildman–Crippen LogP) is 0.373. The number of benzene rings is 5. The lowest BCUT2D eigenvalue weighted by molar-refractivity contribution is -0.334. The number of hydrogen-bond acceptors (Lipinski definition) is 33. The van der Waals surface area contributed by atoms with Crippen molar-refractivity contribution >= 4 is 70.5 Å². The molecule has 41 nitrogen and oxygen atoms in total. The van der Waals surface area contributed by atoms with Gasteiger partial charge in [0.15, 0.2) is 36.2 Å². The Balaban J connectivity index is 1.07. The number of phenols is 3. The number of nitrogens with one attached hydrogen (secondary N) is 10. The Morgan fingerprint density at radius 3 is 1.84 bits per heavy atom. The van der Waals surface area contributed by atoms with Gasteiger partial charge in [0.05, 0.1) is 60.1 Å². The highest BCUT2D eigenvalue weighted by Crippen LogP contribution is 2.51. The number of carboxylic acids is 1. The molecule has 0 unspecified atom stereocenters. The van der Waals surface area contributed by atoms with E-state index in [4.69, 9.17) is 66.8 Å². The molecule has 714 valence electrons. The van der Waals surface area contributed by atoms with Crippen LogP contribution < -0.4 is 73.1 Å². The van der Waals surface area contributed by atoms with Crippen LogP contribution in [0.2, 0.25) is 10.0 Å². The second kappa shape index (κ2) is 45.3. The zero-order chi connectivity index (χ0) is 94.4. The van der Waals surface area contributed by atoms with Crippen LogP contribution in [0.15, 0.2) is 72.8 Å². The fourth-order valence-electron chi connectivity index (χ4n) is 16.5. The monoisotopic (exact) mass is 1870 g/mol. The lowest BCUT2D eigenvalue weighted by Gasteiger charge is -2.48. The molecule has 23 atom stereocenters. The first-order valence-corrected chi connectivity index (χ1v) is 43.9. The first-order valence-electron chi connectivity index (χ1n) is 43.2. The van der Waals surface area contributed by atoms with Gasteiger partial charge in [-0.3, -0.25) is 33.6 Å². The van der Waals surface area contributed by atoms with Gasteiger partial charge in [0.25, 0.3) is 0 Å². The summed E-state index contributed by atoms with van der Waals surface area (Å²) in [4.78, 5) is 120. The van der Waals surface area contributed by atoms with Crippen LogP contribution in [-0.2, 0) is 68.6 Å². The molecule has 0 aromatic heterocycles. The highest BCUT2D eigenvalue weighted by atomic mass is 35.5. The smallest absolute Gasteiger partial charge is 0.330 e. The van der Waals surface area contributed by atoms with E-state index in [1.807, 2.05) is 13.8 Å². The normalized spacial score (nSPS) is 29.1. The molecule has 3 fully saturated rings. The molecule has 7 amide bonds. The average molecular weight is 1870 g/mol. The first kappa shape index (κ1) is 101. The minimum Gasteiger partial charge on any atom is -0.507 e. The van der Waals surface area contributed by atoms with Crippen molar-refractivity contribution in [2.24, 2.45) is 11.7 Å². The zero-order valence-corrected chi connectivity index (χ0v) is 73.8. The predicted molar refractivity (Wildman–Crippen MR) is 460 cm³/mol. The number of carboxylic acid groups (broad SMARTS) is 1. The van der Waals surface area contributed by atoms with Crippen LogP contribution in [0.4, 0.5) is 0 Å². The molecule has 0 saturated carbocycles. The molecule has 130 heavy (non-hydrogen) atoms. The Bertz CT molecular complexity index is 4830. The van der Waals surface area contributed by atoms with Gasteiger partial charge in [-0.05, 0) is 123 Å². The van der Waals surface area contributed by atoms with Gasteiger partial charge in [0.2, 0.25) is 53.4 Å². The van der Waals surface area contributed by atoms with Gasteiger partial charge in [-0.25, -0.2) is 4.79 Å². The number of hydrogen-bond donors (Lipinski definition) is 25. The molecule has 0 aliphatic carbocycles. The number of aromatic hydroxyl groups is 3. The summed E-state index contributed by atoms with van der Waals surface area (Å²) in [6.07, 6.45) is -17.9. The fourth-order valence-corrected chi connectivity index (χ4v) is 17.0. The Labute approximate surface area is 757 Å². The van der Waals surface area contributed by atoms with Gasteiger partial charge in [-0.1, -0.05) is 107 Å². The maximum Gasteiger partial charge on any atom is 0.330 e. The van der Waals surface area contributed by atoms with E-state index in [-0.39, 0.29) is 53.8 Å². The molecule has 11 bridgehead atoms. The number of rotatable bonds is 33. The number of aliphatic hydroxyl groups excluding tert-OH is 10. The average Bonchev–Trinajstić information content (AvgIpc) is 0.759. The van der Waals surface area contributed by atoms with Crippen LogP contribution in [0.5, 0.6) is 46.0 Å². The summed E-state index contributed by atoms with van der Waals surface area (Å²) in [5, 5.41) is 187. The van der Waals surface area contributed by atoms with Crippen molar-refractivity contribution in [1.82, 2.24) is 53.2 Å². The molecule has 8 aliphatic heterocycles. The highest BCUT2D eigenvalue weighted by Gasteiger charge is 2.53. The molecule has 5 aromatic rings. The fraction of sp³-hybridized carbons (Fsp3) is 0.563.